The van der Waals surface area contributed by atoms with E-state index in [9.17, 15) is 4.39 Å². The molecule has 6 heteroatoms. The number of hydrogen-bond acceptors (Lipinski definition) is 3. The Kier molecular flexibility index (Phi) is 5.47. The molecule has 0 saturated carbocycles. The molecule has 3 nitrogen and oxygen atoms in total. The van der Waals surface area contributed by atoms with Crippen LogP contribution in [0.15, 0.2) is 39.3 Å². The van der Waals surface area contributed by atoms with Crippen LogP contribution in [-0.4, -0.2) is 14.2 Å². The Bertz CT molecular complexity index is 650. The molecule has 2 aromatic rings. The van der Waals surface area contributed by atoms with E-state index >= 15 is 0 Å². The molecule has 0 bridgehead atoms. The fourth-order valence-electron chi connectivity index (χ4n) is 1.86. The molecule has 0 radical (unpaired) electrons. The number of methoxy groups -OCH3 is 2. The molecule has 0 heterocycles. The summed E-state index contributed by atoms with van der Waals surface area (Å²) in [6.45, 7) is 0.340. The average Bonchev–Trinajstić information content (AvgIpc) is 2.47. The zero-order valence-electron chi connectivity index (χ0n) is 11.5. The van der Waals surface area contributed by atoms with Gasteiger partial charge < -0.3 is 14.8 Å². The van der Waals surface area contributed by atoms with Gasteiger partial charge >= 0.3 is 0 Å². The number of benzene rings is 2. The van der Waals surface area contributed by atoms with Gasteiger partial charge in [0.25, 0.3) is 0 Å². The highest BCUT2D eigenvalue weighted by atomic mass is 79.9. The SMILES string of the molecule is COc1cc(NCc2cccc(OC)c2F)c(Br)cc1Br. The lowest BCUT2D eigenvalue weighted by molar-refractivity contribution is 0.384. The molecule has 0 aliphatic carbocycles. The molecule has 0 atom stereocenters. The lowest BCUT2D eigenvalue weighted by Crippen LogP contribution is -2.04. The van der Waals surface area contributed by atoms with E-state index < -0.39 is 0 Å². The first-order valence-corrected chi connectivity index (χ1v) is 7.73. The smallest absolute Gasteiger partial charge is 0.170 e. The Labute approximate surface area is 139 Å². The summed E-state index contributed by atoms with van der Waals surface area (Å²) < 4.78 is 26.0. The summed E-state index contributed by atoms with van der Waals surface area (Å²) in [7, 11) is 3.05. The first-order valence-electron chi connectivity index (χ1n) is 6.15. The van der Waals surface area contributed by atoms with Crippen LogP contribution in [0.4, 0.5) is 10.1 Å². The normalized spacial score (nSPS) is 10.3. The number of nitrogens with one attached hydrogen (secondary N) is 1. The summed E-state index contributed by atoms with van der Waals surface area (Å²) in [4.78, 5) is 0. The Balaban J connectivity index is 2.20. The molecular formula is C15H14Br2FNO2. The van der Waals surface area contributed by atoms with Crippen molar-refractivity contribution in [2.45, 2.75) is 6.54 Å². The van der Waals surface area contributed by atoms with Gasteiger partial charge in [0.2, 0.25) is 0 Å². The maximum Gasteiger partial charge on any atom is 0.170 e. The summed E-state index contributed by atoms with van der Waals surface area (Å²) in [5, 5.41) is 3.18. The number of anilines is 1. The van der Waals surface area contributed by atoms with Crippen molar-refractivity contribution in [3.63, 3.8) is 0 Å². The molecule has 0 aliphatic rings. The van der Waals surface area contributed by atoms with Crippen LogP contribution in [0.25, 0.3) is 0 Å². The minimum Gasteiger partial charge on any atom is -0.495 e. The molecule has 1 N–H and O–H groups in total. The monoisotopic (exact) mass is 417 g/mol. The van der Waals surface area contributed by atoms with E-state index in [1.807, 2.05) is 12.1 Å². The van der Waals surface area contributed by atoms with Gasteiger partial charge in [0.05, 0.1) is 24.4 Å². The van der Waals surface area contributed by atoms with Crippen molar-refractivity contribution in [2.24, 2.45) is 0 Å². The molecule has 112 valence electrons. The molecule has 0 unspecified atom stereocenters. The van der Waals surface area contributed by atoms with Crippen LogP contribution in [0.2, 0.25) is 0 Å². The van der Waals surface area contributed by atoms with Crippen LogP contribution in [0, 0.1) is 5.82 Å². The van der Waals surface area contributed by atoms with Crippen molar-refractivity contribution < 1.29 is 13.9 Å². The second-order valence-electron chi connectivity index (χ2n) is 4.25. The number of ether oxygens (including phenoxy) is 2. The van der Waals surface area contributed by atoms with Gasteiger partial charge in [-0.1, -0.05) is 12.1 Å². The maximum absolute atomic E-state index is 14.1. The van der Waals surface area contributed by atoms with E-state index in [1.165, 1.54) is 7.11 Å². The van der Waals surface area contributed by atoms with Crippen molar-refractivity contribution >= 4 is 37.5 Å². The van der Waals surface area contributed by atoms with E-state index in [0.717, 1.165) is 14.6 Å². The second kappa shape index (κ2) is 7.13. The van der Waals surface area contributed by atoms with Gasteiger partial charge in [-0.05, 0) is 44.0 Å². The highest BCUT2D eigenvalue weighted by Crippen LogP contribution is 2.35. The predicted octanol–water partition coefficient (Wildman–Crippen LogP) is 4.98. The maximum atomic E-state index is 14.1. The average molecular weight is 419 g/mol. The predicted molar refractivity (Wildman–Crippen MR) is 88.7 cm³/mol. The largest absolute Gasteiger partial charge is 0.495 e. The summed E-state index contributed by atoms with van der Waals surface area (Å²) in [6, 6.07) is 8.79. The van der Waals surface area contributed by atoms with Crippen LogP contribution in [-0.2, 0) is 6.54 Å². The molecule has 2 rings (SSSR count). The van der Waals surface area contributed by atoms with E-state index in [2.05, 4.69) is 37.2 Å². The van der Waals surface area contributed by atoms with E-state index in [4.69, 9.17) is 9.47 Å². The third-order valence-electron chi connectivity index (χ3n) is 2.97. The van der Waals surface area contributed by atoms with E-state index in [-0.39, 0.29) is 11.6 Å². The van der Waals surface area contributed by atoms with Crippen LogP contribution in [0.1, 0.15) is 5.56 Å². The lowest BCUT2D eigenvalue weighted by Gasteiger charge is -2.13. The quantitative estimate of drug-likeness (QED) is 0.742. The van der Waals surface area contributed by atoms with Gasteiger partial charge in [0.15, 0.2) is 11.6 Å². The van der Waals surface area contributed by atoms with Gasteiger partial charge in [-0.2, -0.15) is 0 Å². The molecule has 0 aliphatic heterocycles. The third kappa shape index (κ3) is 3.68. The Hall–Kier alpha value is -1.27. The Morgan fingerprint density at radius 1 is 1.05 bits per heavy atom. The van der Waals surface area contributed by atoms with Gasteiger partial charge in [-0.3, -0.25) is 0 Å². The second-order valence-corrected chi connectivity index (χ2v) is 5.96. The number of hydrogen-bond donors (Lipinski definition) is 1. The molecule has 0 saturated heterocycles. The fourth-order valence-corrected chi connectivity index (χ4v) is 3.16. The van der Waals surface area contributed by atoms with Crippen molar-refractivity contribution in [3.8, 4) is 11.5 Å². The van der Waals surface area contributed by atoms with E-state index in [1.54, 1.807) is 25.3 Å². The van der Waals surface area contributed by atoms with Gasteiger partial charge in [-0.25, -0.2) is 4.39 Å². The van der Waals surface area contributed by atoms with Crippen molar-refractivity contribution in [1.82, 2.24) is 0 Å². The van der Waals surface area contributed by atoms with Gasteiger partial charge in [-0.15, -0.1) is 0 Å². The Morgan fingerprint density at radius 2 is 1.76 bits per heavy atom. The number of halogens is 3. The van der Waals surface area contributed by atoms with Crippen LogP contribution >= 0.6 is 31.9 Å². The van der Waals surface area contributed by atoms with Gasteiger partial charge in [0.1, 0.15) is 5.75 Å². The Morgan fingerprint density at radius 3 is 2.43 bits per heavy atom. The minimum absolute atomic E-state index is 0.238. The molecule has 0 spiro atoms. The van der Waals surface area contributed by atoms with Crippen LogP contribution in [0.5, 0.6) is 11.5 Å². The van der Waals surface area contributed by atoms with Crippen molar-refractivity contribution in [3.05, 3.63) is 50.7 Å². The summed E-state index contributed by atoms with van der Waals surface area (Å²) in [6.07, 6.45) is 0. The molecule has 0 amide bonds. The minimum atomic E-state index is -0.354. The van der Waals surface area contributed by atoms with Crippen molar-refractivity contribution in [1.29, 1.82) is 0 Å². The fraction of sp³-hybridized carbons (Fsp3) is 0.200. The summed E-state index contributed by atoms with van der Waals surface area (Å²) in [5.41, 5.74) is 1.35. The molecular weight excluding hydrogens is 405 g/mol. The highest BCUT2D eigenvalue weighted by Gasteiger charge is 2.10. The zero-order chi connectivity index (χ0) is 15.4. The summed E-state index contributed by atoms with van der Waals surface area (Å²) in [5.74, 6) is 0.585. The topological polar surface area (TPSA) is 30.5 Å². The first kappa shape index (κ1) is 16.1. The molecule has 21 heavy (non-hydrogen) atoms. The number of rotatable bonds is 5. The van der Waals surface area contributed by atoms with Crippen LogP contribution in [0.3, 0.4) is 0 Å². The summed E-state index contributed by atoms with van der Waals surface area (Å²) >= 11 is 6.87. The lowest BCUT2D eigenvalue weighted by atomic mass is 10.2. The highest BCUT2D eigenvalue weighted by molar-refractivity contribution is 9.11. The molecule has 2 aromatic carbocycles. The van der Waals surface area contributed by atoms with E-state index in [0.29, 0.717) is 17.9 Å². The first-order chi connectivity index (χ1) is 10.1. The zero-order valence-corrected chi connectivity index (χ0v) is 14.7. The third-order valence-corrected chi connectivity index (χ3v) is 4.25. The van der Waals surface area contributed by atoms with Crippen molar-refractivity contribution in [2.75, 3.05) is 19.5 Å². The standard InChI is InChI=1S/C15H14Br2FNO2/c1-20-13-5-3-4-9(15(13)18)8-19-12-7-14(21-2)11(17)6-10(12)16/h3-7,19H,8H2,1-2H3. The molecule has 0 aromatic heterocycles. The van der Waals surface area contributed by atoms with Crippen LogP contribution < -0.4 is 14.8 Å². The van der Waals surface area contributed by atoms with Gasteiger partial charge in [0, 0.05) is 22.6 Å². The molecule has 0 fully saturated rings.